The molecule has 0 fully saturated rings. The topological polar surface area (TPSA) is 3.24 Å². The molecule has 1 aromatic rings. The van der Waals surface area contributed by atoms with E-state index in [1.165, 1.54) is 29.3 Å². The van der Waals surface area contributed by atoms with E-state index in [2.05, 4.69) is 52.9 Å². The third-order valence-electron chi connectivity index (χ3n) is 3.64. The zero-order valence-electron chi connectivity index (χ0n) is 10.2. The van der Waals surface area contributed by atoms with E-state index in [0.29, 0.717) is 6.04 Å². The first-order chi connectivity index (χ1) is 7.76. The van der Waals surface area contributed by atoms with E-state index in [1.807, 2.05) is 0 Å². The molecule has 2 heteroatoms. The second-order valence-corrected chi connectivity index (χ2v) is 5.39. The van der Waals surface area contributed by atoms with Crippen molar-refractivity contribution in [2.45, 2.75) is 39.2 Å². The minimum absolute atomic E-state index is 0.645. The molecular weight excluding hydrogens is 262 g/mol. The Hall–Kier alpha value is -0.340. The number of nitrogens with zero attached hydrogens (tertiary/aromatic N) is 1. The summed E-state index contributed by atoms with van der Waals surface area (Å²) in [6.07, 6.45) is 3.88. The first kappa shape index (κ1) is 12.1. The molecular formula is C14H20BrN. The van der Waals surface area contributed by atoms with E-state index in [-0.39, 0.29) is 0 Å². The number of fused-ring (bicyclic) bond motifs is 1. The van der Waals surface area contributed by atoms with Crippen LogP contribution >= 0.6 is 15.9 Å². The molecule has 0 radical (unpaired) electrons. The standard InChI is InChI=1S/C14H20BrN/c1-3-16(4-2)14-7-5-6-11-10-12(15)8-9-13(11)14/h8-10,14H,3-7H2,1-2H3. The van der Waals surface area contributed by atoms with Crippen LogP contribution in [0.2, 0.25) is 0 Å². The van der Waals surface area contributed by atoms with Crippen molar-refractivity contribution in [3.05, 3.63) is 33.8 Å². The fourth-order valence-electron chi connectivity index (χ4n) is 2.80. The van der Waals surface area contributed by atoms with Crippen LogP contribution in [0.1, 0.15) is 43.9 Å². The molecule has 1 aliphatic carbocycles. The van der Waals surface area contributed by atoms with Crippen molar-refractivity contribution in [1.82, 2.24) is 4.90 Å². The van der Waals surface area contributed by atoms with Gasteiger partial charge in [-0.25, -0.2) is 0 Å². The molecule has 88 valence electrons. The Labute approximate surface area is 107 Å². The molecule has 0 aromatic heterocycles. The molecule has 16 heavy (non-hydrogen) atoms. The van der Waals surface area contributed by atoms with Gasteiger partial charge in [0.25, 0.3) is 0 Å². The van der Waals surface area contributed by atoms with E-state index in [4.69, 9.17) is 0 Å². The summed E-state index contributed by atoms with van der Waals surface area (Å²) in [6.45, 7) is 6.82. The largest absolute Gasteiger partial charge is 0.297 e. The molecule has 0 heterocycles. The second-order valence-electron chi connectivity index (χ2n) is 4.47. The van der Waals surface area contributed by atoms with Crippen molar-refractivity contribution < 1.29 is 0 Å². The molecule has 1 aliphatic rings. The van der Waals surface area contributed by atoms with E-state index in [9.17, 15) is 0 Å². The predicted octanol–water partition coefficient (Wildman–Crippen LogP) is 4.17. The highest BCUT2D eigenvalue weighted by Crippen LogP contribution is 2.35. The molecule has 0 saturated carbocycles. The van der Waals surface area contributed by atoms with Crippen molar-refractivity contribution >= 4 is 15.9 Å². The van der Waals surface area contributed by atoms with Gasteiger partial charge in [0, 0.05) is 10.5 Å². The minimum Gasteiger partial charge on any atom is -0.297 e. The number of hydrogen-bond donors (Lipinski definition) is 0. The molecule has 0 bridgehead atoms. The van der Waals surface area contributed by atoms with Gasteiger partial charge in [0.1, 0.15) is 0 Å². The lowest BCUT2D eigenvalue weighted by atomic mass is 9.87. The summed E-state index contributed by atoms with van der Waals surface area (Å²) in [5.74, 6) is 0. The summed E-state index contributed by atoms with van der Waals surface area (Å²) in [6, 6.07) is 7.43. The summed E-state index contributed by atoms with van der Waals surface area (Å²) < 4.78 is 1.21. The van der Waals surface area contributed by atoms with E-state index in [1.54, 1.807) is 5.56 Å². The van der Waals surface area contributed by atoms with Gasteiger partial charge >= 0.3 is 0 Å². The Morgan fingerprint density at radius 1 is 1.31 bits per heavy atom. The van der Waals surface area contributed by atoms with Gasteiger partial charge in [-0.2, -0.15) is 0 Å². The van der Waals surface area contributed by atoms with Crippen LogP contribution in [0, 0.1) is 0 Å². The normalized spacial score (nSPS) is 19.9. The highest BCUT2D eigenvalue weighted by molar-refractivity contribution is 9.10. The first-order valence-corrected chi connectivity index (χ1v) is 7.08. The van der Waals surface area contributed by atoms with Gasteiger partial charge in [-0.15, -0.1) is 0 Å². The highest BCUT2D eigenvalue weighted by Gasteiger charge is 2.23. The molecule has 0 spiro atoms. The SMILES string of the molecule is CCN(CC)C1CCCc2cc(Br)ccc21. The maximum Gasteiger partial charge on any atom is 0.0350 e. The Morgan fingerprint density at radius 2 is 2.06 bits per heavy atom. The maximum absolute atomic E-state index is 3.57. The summed E-state index contributed by atoms with van der Waals surface area (Å²) in [5.41, 5.74) is 3.09. The van der Waals surface area contributed by atoms with Crippen LogP contribution in [0.3, 0.4) is 0 Å². The molecule has 0 N–H and O–H groups in total. The van der Waals surface area contributed by atoms with Gasteiger partial charge in [-0.1, -0.05) is 35.8 Å². The summed E-state index contributed by atoms with van der Waals surface area (Å²) in [4.78, 5) is 2.58. The van der Waals surface area contributed by atoms with Crippen molar-refractivity contribution in [2.75, 3.05) is 13.1 Å². The summed E-state index contributed by atoms with van der Waals surface area (Å²) in [7, 11) is 0. The highest BCUT2D eigenvalue weighted by atomic mass is 79.9. The fraction of sp³-hybridized carbons (Fsp3) is 0.571. The predicted molar refractivity (Wildman–Crippen MR) is 72.7 cm³/mol. The molecule has 0 amide bonds. The number of halogens is 1. The third kappa shape index (κ3) is 2.33. The van der Waals surface area contributed by atoms with E-state index >= 15 is 0 Å². The molecule has 1 unspecified atom stereocenters. The Morgan fingerprint density at radius 3 is 2.75 bits per heavy atom. The minimum atomic E-state index is 0.645. The molecule has 1 atom stereocenters. The van der Waals surface area contributed by atoms with Crippen molar-refractivity contribution in [3.63, 3.8) is 0 Å². The average Bonchev–Trinajstić information content (AvgIpc) is 2.30. The van der Waals surface area contributed by atoms with Gasteiger partial charge in [0.15, 0.2) is 0 Å². The van der Waals surface area contributed by atoms with Crippen molar-refractivity contribution in [2.24, 2.45) is 0 Å². The smallest absolute Gasteiger partial charge is 0.0350 e. The second kappa shape index (κ2) is 5.33. The van der Waals surface area contributed by atoms with Crippen LogP contribution in [-0.4, -0.2) is 18.0 Å². The lowest BCUT2D eigenvalue weighted by Gasteiger charge is -2.34. The number of aryl methyl sites for hydroxylation is 1. The first-order valence-electron chi connectivity index (χ1n) is 6.28. The summed E-state index contributed by atoms with van der Waals surface area (Å²) in [5, 5.41) is 0. The molecule has 2 rings (SSSR count). The zero-order chi connectivity index (χ0) is 11.5. The van der Waals surface area contributed by atoms with Gasteiger partial charge in [-0.05, 0) is 55.6 Å². The van der Waals surface area contributed by atoms with Gasteiger partial charge in [-0.3, -0.25) is 4.90 Å². The van der Waals surface area contributed by atoms with Crippen molar-refractivity contribution in [1.29, 1.82) is 0 Å². The van der Waals surface area contributed by atoms with Crippen LogP contribution in [0.25, 0.3) is 0 Å². The Bertz CT molecular complexity index is 358. The van der Waals surface area contributed by atoms with Crippen LogP contribution in [-0.2, 0) is 6.42 Å². The van der Waals surface area contributed by atoms with Crippen LogP contribution < -0.4 is 0 Å². The Balaban J connectivity index is 2.32. The average molecular weight is 282 g/mol. The quantitative estimate of drug-likeness (QED) is 0.804. The van der Waals surface area contributed by atoms with Gasteiger partial charge < -0.3 is 0 Å². The van der Waals surface area contributed by atoms with Gasteiger partial charge in [0.05, 0.1) is 0 Å². The van der Waals surface area contributed by atoms with Crippen LogP contribution in [0.4, 0.5) is 0 Å². The monoisotopic (exact) mass is 281 g/mol. The fourth-order valence-corrected chi connectivity index (χ4v) is 3.21. The van der Waals surface area contributed by atoms with E-state index < -0.39 is 0 Å². The lowest BCUT2D eigenvalue weighted by Crippen LogP contribution is -2.31. The number of hydrogen-bond acceptors (Lipinski definition) is 1. The molecule has 1 nitrogen and oxygen atoms in total. The van der Waals surface area contributed by atoms with Crippen LogP contribution in [0.15, 0.2) is 22.7 Å². The molecule has 0 aliphatic heterocycles. The summed E-state index contributed by atoms with van der Waals surface area (Å²) >= 11 is 3.57. The van der Waals surface area contributed by atoms with Gasteiger partial charge in [0.2, 0.25) is 0 Å². The maximum atomic E-state index is 3.57. The van der Waals surface area contributed by atoms with E-state index in [0.717, 1.165) is 13.1 Å². The third-order valence-corrected chi connectivity index (χ3v) is 4.13. The number of rotatable bonds is 3. The lowest BCUT2D eigenvalue weighted by molar-refractivity contribution is 0.198. The zero-order valence-corrected chi connectivity index (χ0v) is 11.8. The number of benzene rings is 1. The Kier molecular flexibility index (Phi) is 4.04. The molecule has 0 saturated heterocycles. The molecule has 1 aromatic carbocycles. The van der Waals surface area contributed by atoms with Crippen molar-refractivity contribution in [3.8, 4) is 0 Å². The van der Waals surface area contributed by atoms with Crippen LogP contribution in [0.5, 0.6) is 0 Å².